The Morgan fingerprint density at radius 3 is 2.76 bits per heavy atom. The average molecular weight is 232 g/mol. The first-order valence-corrected chi connectivity index (χ1v) is 6.01. The summed E-state index contributed by atoms with van der Waals surface area (Å²) in [7, 11) is 0. The molecule has 2 aromatic rings. The number of rotatable bonds is 3. The molecule has 0 aromatic carbocycles. The molecule has 2 heterocycles. The molecular formula is C13H20N4. The van der Waals surface area contributed by atoms with E-state index < -0.39 is 0 Å². The predicted octanol–water partition coefficient (Wildman–Crippen LogP) is 1.97. The highest BCUT2D eigenvalue weighted by Gasteiger charge is 2.10. The van der Waals surface area contributed by atoms with Gasteiger partial charge >= 0.3 is 0 Å². The van der Waals surface area contributed by atoms with Crippen LogP contribution in [0, 0.1) is 6.92 Å². The van der Waals surface area contributed by atoms with Gasteiger partial charge in [0.25, 0.3) is 0 Å². The summed E-state index contributed by atoms with van der Waals surface area (Å²) in [6, 6.07) is 4.13. The van der Waals surface area contributed by atoms with Gasteiger partial charge in [0.1, 0.15) is 5.82 Å². The van der Waals surface area contributed by atoms with Crippen LogP contribution in [-0.2, 0) is 6.42 Å². The Balaban J connectivity index is 2.09. The standard InChI is InChI=1S/C13H20N4/c1-10-6-8-17-11(15-16-12(17)9-10)5-7-14-13(2,3)4/h6,8-9,14H,5,7H2,1-4H3. The fourth-order valence-corrected chi connectivity index (χ4v) is 1.76. The first kappa shape index (κ1) is 12.0. The monoisotopic (exact) mass is 232 g/mol. The second kappa shape index (κ2) is 4.45. The second-order valence-corrected chi connectivity index (χ2v) is 5.48. The molecule has 0 aliphatic rings. The van der Waals surface area contributed by atoms with Gasteiger partial charge in [0.05, 0.1) is 0 Å². The lowest BCUT2D eigenvalue weighted by molar-refractivity contribution is 0.427. The summed E-state index contributed by atoms with van der Waals surface area (Å²) in [5, 5.41) is 11.9. The molecular weight excluding hydrogens is 212 g/mol. The van der Waals surface area contributed by atoms with Gasteiger partial charge in [-0.15, -0.1) is 10.2 Å². The number of pyridine rings is 1. The average Bonchev–Trinajstić information content (AvgIpc) is 2.59. The highest BCUT2D eigenvalue weighted by Crippen LogP contribution is 2.07. The van der Waals surface area contributed by atoms with Crippen molar-refractivity contribution in [3.63, 3.8) is 0 Å². The maximum atomic E-state index is 4.23. The third-order valence-corrected chi connectivity index (χ3v) is 2.64. The number of aromatic nitrogens is 3. The lowest BCUT2D eigenvalue weighted by atomic mass is 10.1. The SMILES string of the molecule is Cc1ccn2c(CCNC(C)(C)C)nnc2c1. The van der Waals surface area contributed by atoms with Gasteiger partial charge in [-0.3, -0.25) is 4.40 Å². The molecule has 0 aliphatic carbocycles. The highest BCUT2D eigenvalue weighted by atomic mass is 15.2. The topological polar surface area (TPSA) is 42.2 Å². The Hall–Kier alpha value is -1.42. The largest absolute Gasteiger partial charge is 0.312 e. The number of fused-ring (bicyclic) bond motifs is 1. The summed E-state index contributed by atoms with van der Waals surface area (Å²) in [5.41, 5.74) is 2.29. The molecule has 2 rings (SSSR count). The van der Waals surface area contributed by atoms with Gasteiger partial charge in [-0.2, -0.15) is 0 Å². The summed E-state index contributed by atoms with van der Waals surface area (Å²) in [6.07, 6.45) is 2.93. The van der Waals surface area contributed by atoms with Gasteiger partial charge in [0.2, 0.25) is 0 Å². The van der Waals surface area contributed by atoms with Crippen LogP contribution in [0.1, 0.15) is 32.2 Å². The smallest absolute Gasteiger partial charge is 0.161 e. The molecule has 0 amide bonds. The normalized spacial score (nSPS) is 12.2. The summed E-state index contributed by atoms with van der Waals surface area (Å²) in [5.74, 6) is 1.01. The molecule has 1 N–H and O–H groups in total. The van der Waals surface area contributed by atoms with Crippen molar-refractivity contribution < 1.29 is 0 Å². The number of aryl methyl sites for hydroxylation is 1. The fourth-order valence-electron chi connectivity index (χ4n) is 1.76. The van der Waals surface area contributed by atoms with Crippen LogP contribution in [0.2, 0.25) is 0 Å². The Bertz CT molecular complexity index is 508. The Labute approximate surface area is 102 Å². The first-order chi connectivity index (χ1) is 7.96. The minimum Gasteiger partial charge on any atom is -0.312 e. The van der Waals surface area contributed by atoms with E-state index >= 15 is 0 Å². The number of hydrogen-bond donors (Lipinski definition) is 1. The lowest BCUT2D eigenvalue weighted by Gasteiger charge is -2.19. The summed E-state index contributed by atoms with van der Waals surface area (Å²) in [6.45, 7) is 9.47. The minimum absolute atomic E-state index is 0.150. The van der Waals surface area contributed by atoms with Gasteiger partial charge < -0.3 is 5.32 Å². The molecule has 17 heavy (non-hydrogen) atoms. The van der Waals surface area contributed by atoms with E-state index in [0.717, 1.165) is 24.4 Å². The molecule has 4 nitrogen and oxygen atoms in total. The van der Waals surface area contributed by atoms with E-state index in [9.17, 15) is 0 Å². The maximum absolute atomic E-state index is 4.23. The van der Waals surface area contributed by atoms with Crippen molar-refractivity contribution in [3.8, 4) is 0 Å². The van der Waals surface area contributed by atoms with Crippen molar-refractivity contribution in [3.05, 3.63) is 29.7 Å². The van der Waals surface area contributed by atoms with Crippen LogP contribution in [0.5, 0.6) is 0 Å². The summed E-state index contributed by atoms with van der Waals surface area (Å²) < 4.78 is 2.05. The van der Waals surface area contributed by atoms with E-state index in [2.05, 4.69) is 53.7 Å². The Morgan fingerprint density at radius 1 is 1.29 bits per heavy atom. The Kier molecular flexibility index (Phi) is 3.15. The van der Waals surface area contributed by atoms with Gasteiger partial charge in [-0.05, 0) is 45.4 Å². The molecule has 0 unspecified atom stereocenters. The van der Waals surface area contributed by atoms with Gasteiger partial charge in [-0.25, -0.2) is 0 Å². The van der Waals surface area contributed by atoms with Crippen LogP contribution in [0.4, 0.5) is 0 Å². The van der Waals surface area contributed by atoms with Crippen LogP contribution in [-0.4, -0.2) is 26.7 Å². The zero-order valence-electron chi connectivity index (χ0n) is 11.0. The quantitative estimate of drug-likeness (QED) is 0.879. The van der Waals surface area contributed by atoms with Crippen molar-refractivity contribution in [2.45, 2.75) is 39.7 Å². The van der Waals surface area contributed by atoms with E-state index in [0.29, 0.717) is 0 Å². The molecule has 0 saturated carbocycles. The van der Waals surface area contributed by atoms with Gasteiger partial charge in [0.15, 0.2) is 5.65 Å². The molecule has 0 saturated heterocycles. The van der Waals surface area contributed by atoms with Crippen molar-refractivity contribution in [2.75, 3.05) is 6.54 Å². The minimum atomic E-state index is 0.150. The van der Waals surface area contributed by atoms with Crippen molar-refractivity contribution >= 4 is 5.65 Å². The number of nitrogens with zero attached hydrogens (tertiary/aromatic N) is 3. The van der Waals surface area contributed by atoms with E-state index in [1.165, 1.54) is 5.56 Å². The number of hydrogen-bond acceptors (Lipinski definition) is 3. The molecule has 4 heteroatoms. The lowest BCUT2D eigenvalue weighted by Crippen LogP contribution is -2.37. The van der Waals surface area contributed by atoms with Crippen LogP contribution < -0.4 is 5.32 Å². The van der Waals surface area contributed by atoms with Crippen LogP contribution in [0.25, 0.3) is 5.65 Å². The molecule has 0 radical (unpaired) electrons. The summed E-state index contributed by atoms with van der Waals surface area (Å²) >= 11 is 0. The van der Waals surface area contributed by atoms with Crippen LogP contribution in [0.3, 0.4) is 0 Å². The third-order valence-electron chi connectivity index (χ3n) is 2.64. The Morgan fingerprint density at radius 2 is 2.06 bits per heavy atom. The first-order valence-electron chi connectivity index (χ1n) is 6.01. The van der Waals surface area contributed by atoms with Crippen molar-refractivity contribution in [1.82, 2.24) is 19.9 Å². The zero-order valence-corrected chi connectivity index (χ0v) is 11.0. The van der Waals surface area contributed by atoms with Gasteiger partial charge in [-0.1, -0.05) is 0 Å². The van der Waals surface area contributed by atoms with E-state index in [1.807, 2.05) is 12.3 Å². The third kappa shape index (κ3) is 3.03. The highest BCUT2D eigenvalue weighted by molar-refractivity contribution is 5.40. The van der Waals surface area contributed by atoms with E-state index in [4.69, 9.17) is 0 Å². The predicted molar refractivity (Wildman–Crippen MR) is 69.2 cm³/mol. The molecule has 0 fully saturated rings. The van der Waals surface area contributed by atoms with Crippen molar-refractivity contribution in [1.29, 1.82) is 0 Å². The fraction of sp³-hybridized carbons (Fsp3) is 0.538. The van der Waals surface area contributed by atoms with E-state index in [-0.39, 0.29) is 5.54 Å². The van der Waals surface area contributed by atoms with Crippen LogP contribution in [0.15, 0.2) is 18.3 Å². The molecule has 92 valence electrons. The summed E-state index contributed by atoms with van der Waals surface area (Å²) in [4.78, 5) is 0. The molecule has 0 spiro atoms. The van der Waals surface area contributed by atoms with E-state index in [1.54, 1.807) is 0 Å². The maximum Gasteiger partial charge on any atom is 0.161 e. The molecule has 0 atom stereocenters. The van der Waals surface area contributed by atoms with Crippen molar-refractivity contribution in [2.24, 2.45) is 0 Å². The van der Waals surface area contributed by atoms with Gasteiger partial charge in [0, 0.05) is 24.7 Å². The molecule has 2 aromatic heterocycles. The molecule has 0 bridgehead atoms. The second-order valence-electron chi connectivity index (χ2n) is 5.48. The number of nitrogens with one attached hydrogen (secondary N) is 1. The zero-order chi connectivity index (χ0) is 12.5. The van der Waals surface area contributed by atoms with Crippen LogP contribution >= 0.6 is 0 Å². The molecule has 0 aliphatic heterocycles.